The van der Waals surface area contributed by atoms with Crippen molar-refractivity contribution in [1.82, 2.24) is 15.0 Å². The first-order valence-corrected chi connectivity index (χ1v) is 4.27. The zero-order valence-electron chi connectivity index (χ0n) is 7.81. The fraction of sp³-hybridized carbons (Fsp3) is 0.100. The number of rotatable bonds is 1. The van der Waals surface area contributed by atoms with Crippen LogP contribution in [0, 0.1) is 6.92 Å². The predicted molar refractivity (Wildman–Crippen MR) is 54.4 cm³/mol. The molecule has 0 bridgehead atoms. The molecule has 0 aliphatic rings. The molecule has 4 nitrogen and oxygen atoms in total. The smallest absolute Gasteiger partial charge is 0.163 e. The molecule has 0 amide bonds. The fourth-order valence-electron chi connectivity index (χ4n) is 1.11. The third-order valence-electron chi connectivity index (χ3n) is 1.85. The van der Waals surface area contributed by atoms with Gasteiger partial charge in [0.2, 0.25) is 0 Å². The molecule has 0 radical (unpaired) electrons. The van der Waals surface area contributed by atoms with Crippen molar-refractivity contribution in [2.45, 2.75) is 6.92 Å². The van der Waals surface area contributed by atoms with E-state index in [-0.39, 0.29) is 0 Å². The highest BCUT2D eigenvalue weighted by Crippen LogP contribution is 2.13. The number of anilines is 1. The summed E-state index contributed by atoms with van der Waals surface area (Å²) in [6.45, 7) is 1.93. The molecule has 0 aliphatic heterocycles. The summed E-state index contributed by atoms with van der Waals surface area (Å²) in [6.07, 6.45) is 3.38. The van der Waals surface area contributed by atoms with Crippen LogP contribution in [-0.4, -0.2) is 15.0 Å². The molecule has 2 aromatic heterocycles. The predicted octanol–water partition coefficient (Wildman–Crippen LogP) is 1.43. The third kappa shape index (κ3) is 1.69. The van der Waals surface area contributed by atoms with Gasteiger partial charge in [0, 0.05) is 23.7 Å². The van der Waals surface area contributed by atoms with E-state index in [9.17, 15) is 0 Å². The second kappa shape index (κ2) is 3.41. The van der Waals surface area contributed by atoms with Gasteiger partial charge in [0.1, 0.15) is 5.82 Å². The van der Waals surface area contributed by atoms with Gasteiger partial charge < -0.3 is 5.73 Å². The molecule has 0 aliphatic carbocycles. The molecule has 0 spiro atoms. The molecule has 70 valence electrons. The molecular formula is C10H10N4. The van der Waals surface area contributed by atoms with E-state index in [1.54, 1.807) is 18.5 Å². The standard InChI is InChI=1S/C10H10N4/c1-7-2-3-8(6-13-7)10-12-5-4-9(11)14-10/h2-6H,1H3,(H2,11,12,14). The summed E-state index contributed by atoms with van der Waals surface area (Å²) < 4.78 is 0. The van der Waals surface area contributed by atoms with Crippen molar-refractivity contribution in [2.75, 3.05) is 5.73 Å². The Morgan fingerprint density at radius 2 is 2.00 bits per heavy atom. The maximum absolute atomic E-state index is 5.55. The molecule has 14 heavy (non-hydrogen) atoms. The highest BCUT2D eigenvalue weighted by molar-refractivity contribution is 5.54. The van der Waals surface area contributed by atoms with Gasteiger partial charge >= 0.3 is 0 Å². The SMILES string of the molecule is Cc1ccc(-c2nccc(N)n2)cn1. The summed E-state index contributed by atoms with van der Waals surface area (Å²) in [5.41, 5.74) is 7.40. The van der Waals surface area contributed by atoms with Crippen LogP contribution in [0.1, 0.15) is 5.69 Å². The van der Waals surface area contributed by atoms with Gasteiger partial charge in [-0.15, -0.1) is 0 Å². The Hall–Kier alpha value is -1.97. The van der Waals surface area contributed by atoms with E-state index in [4.69, 9.17) is 5.73 Å². The normalized spacial score (nSPS) is 10.1. The van der Waals surface area contributed by atoms with Gasteiger partial charge in [-0.05, 0) is 25.1 Å². The summed E-state index contributed by atoms with van der Waals surface area (Å²) in [5, 5.41) is 0. The molecule has 0 aromatic carbocycles. The highest BCUT2D eigenvalue weighted by atomic mass is 14.9. The number of pyridine rings is 1. The summed E-state index contributed by atoms with van der Waals surface area (Å²) >= 11 is 0. The van der Waals surface area contributed by atoms with Crippen molar-refractivity contribution >= 4 is 5.82 Å². The maximum atomic E-state index is 5.55. The minimum Gasteiger partial charge on any atom is -0.384 e. The summed E-state index contributed by atoms with van der Waals surface area (Å²) in [5.74, 6) is 1.08. The minimum absolute atomic E-state index is 0.468. The molecule has 0 saturated carbocycles. The molecule has 4 heteroatoms. The molecule has 2 rings (SSSR count). The second-order valence-corrected chi connectivity index (χ2v) is 2.99. The maximum Gasteiger partial charge on any atom is 0.163 e. The molecule has 0 saturated heterocycles. The third-order valence-corrected chi connectivity index (χ3v) is 1.85. The van der Waals surface area contributed by atoms with Gasteiger partial charge in [-0.3, -0.25) is 4.98 Å². The Kier molecular flexibility index (Phi) is 2.10. The Morgan fingerprint density at radius 3 is 2.64 bits per heavy atom. The van der Waals surface area contributed by atoms with Gasteiger partial charge in [-0.25, -0.2) is 9.97 Å². The monoisotopic (exact) mass is 186 g/mol. The fourth-order valence-corrected chi connectivity index (χ4v) is 1.11. The molecule has 0 unspecified atom stereocenters. The van der Waals surface area contributed by atoms with Gasteiger partial charge in [-0.1, -0.05) is 0 Å². The van der Waals surface area contributed by atoms with Crippen LogP contribution < -0.4 is 5.73 Å². The van der Waals surface area contributed by atoms with Gasteiger partial charge in [0.15, 0.2) is 5.82 Å². The van der Waals surface area contributed by atoms with Crippen molar-refractivity contribution in [3.63, 3.8) is 0 Å². The van der Waals surface area contributed by atoms with Gasteiger partial charge in [0.05, 0.1) is 0 Å². The van der Waals surface area contributed by atoms with E-state index < -0.39 is 0 Å². The molecule has 2 aromatic rings. The van der Waals surface area contributed by atoms with Crippen LogP contribution in [0.3, 0.4) is 0 Å². The van der Waals surface area contributed by atoms with Gasteiger partial charge in [-0.2, -0.15) is 0 Å². The van der Waals surface area contributed by atoms with Crippen LogP contribution in [0.4, 0.5) is 5.82 Å². The first-order valence-electron chi connectivity index (χ1n) is 4.27. The Labute approximate surface area is 81.9 Å². The number of nitrogens with two attached hydrogens (primary N) is 1. The van der Waals surface area contributed by atoms with Crippen LogP contribution in [0.15, 0.2) is 30.6 Å². The Balaban J connectivity index is 2.44. The number of hydrogen-bond donors (Lipinski definition) is 1. The van der Waals surface area contributed by atoms with Crippen molar-refractivity contribution in [1.29, 1.82) is 0 Å². The topological polar surface area (TPSA) is 64.7 Å². The van der Waals surface area contributed by atoms with Crippen LogP contribution >= 0.6 is 0 Å². The van der Waals surface area contributed by atoms with E-state index in [1.807, 2.05) is 19.1 Å². The molecule has 0 fully saturated rings. The second-order valence-electron chi connectivity index (χ2n) is 2.99. The quantitative estimate of drug-likeness (QED) is 0.731. The van der Waals surface area contributed by atoms with Crippen molar-refractivity contribution in [2.24, 2.45) is 0 Å². The Bertz CT molecular complexity index is 436. The van der Waals surface area contributed by atoms with E-state index in [2.05, 4.69) is 15.0 Å². The summed E-state index contributed by atoms with van der Waals surface area (Å²) in [7, 11) is 0. The van der Waals surface area contributed by atoms with E-state index >= 15 is 0 Å². The zero-order chi connectivity index (χ0) is 9.97. The molecular weight excluding hydrogens is 176 g/mol. The van der Waals surface area contributed by atoms with E-state index in [0.717, 1.165) is 11.3 Å². The van der Waals surface area contributed by atoms with Crippen LogP contribution in [0.2, 0.25) is 0 Å². The average Bonchev–Trinajstić information content (AvgIpc) is 2.19. The molecule has 2 heterocycles. The van der Waals surface area contributed by atoms with Crippen molar-refractivity contribution in [3.05, 3.63) is 36.3 Å². The van der Waals surface area contributed by atoms with E-state index in [1.165, 1.54) is 0 Å². The lowest BCUT2D eigenvalue weighted by Gasteiger charge is -2.00. The number of aromatic nitrogens is 3. The number of nitrogen functional groups attached to an aromatic ring is 1. The van der Waals surface area contributed by atoms with Gasteiger partial charge in [0.25, 0.3) is 0 Å². The van der Waals surface area contributed by atoms with E-state index in [0.29, 0.717) is 11.6 Å². The van der Waals surface area contributed by atoms with Crippen LogP contribution in [0.5, 0.6) is 0 Å². The number of nitrogens with zero attached hydrogens (tertiary/aromatic N) is 3. The highest BCUT2D eigenvalue weighted by Gasteiger charge is 2.00. The first kappa shape index (κ1) is 8.62. The Morgan fingerprint density at radius 1 is 1.14 bits per heavy atom. The number of hydrogen-bond acceptors (Lipinski definition) is 4. The zero-order valence-corrected chi connectivity index (χ0v) is 7.81. The average molecular weight is 186 g/mol. The lowest BCUT2D eigenvalue weighted by molar-refractivity contribution is 1.15. The lowest BCUT2D eigenvalue weighted by atomic mass is 10.2. The van der Waals surface area contributed by atoms with Crippen molar-refractivity contribution < 1.29 is 0 Å². The molecule has 0 atom stereocenters. The molecule has 2 N–H and O–H groups in total. The number of aryl methyl sites for hydroxylation is 1. The summed E-state index contributed by atoms with van der Waals surface area (Å²) in [6, 6.07) is 5.50. The lowest BCUT2D eigenvalue weighted by Crippen LogP contribution is -1.94. The van der Waals surface area contributed by atoms with Crippen LogP contribution in [0.25, 0.3) is 11.4 Å². The minimum atomic E-state index is 0.468. The largest absolute Gasteiger partial charge is 0.384 e. The van der Waals surface area contributed by atoms with Crippen LogP contribution in [-0.2, 0) is 0 Å². The van der Waals surface area contributed by atoms with Crippen molar-refractivity contribution in [3.8, 4) is 11.4 Å². The first-order chi connectivity index (χ1) is 6.75. The summed E-state index contributed by atoms with van der Waals surface area (Å²) in [4.78, 5) is 12.4.